The van der Waals surface area contributed by atoms with Crippen molar-refractivity contribution in [2.75, 3.05) is 28.4 Å². The number of hydrogen-bond donors (Lipinski definition) is 0. The number of rotatable bonds is 11. The molecule has 0 radical (unpaired) electrons. The Labute approximate surface area is 485 Å². The van der Waals surface area contributed by atoms with E-state index >= 15 is 9.13 Å². The van der Waals surface area contributed by atoms with Crippen LogP contribution in [0.2, 0.25) is 0 Å². The molecule has 434 valence electrons. The minimum Gasteiger partial charge on any atom is -0.496 e. The van der Waals surface area contributed by atoms with Crippen LogP contribution in [0.3, 0.4) is 0 Å². The summed E-state index contributed by atoms with van der Waals surface area (Å²) in [7, 11) is -1.06. The lowest BCUT2D eigenvalue weighted by molar-refractivity contribution is 0.381. The highest BCUT2D eigenvalue weighted by molar-refractivity contribution is 7.86. The van der Waals surface area contributed by atoms with Gasteiger partial charge in [-0.1, -0.05) is 215 Å². The summed E-state index contributed by atoms with van der Waals surface area (Å²) >= 11 is 0. The predicted molar refractivity (Wildman–Crippen MR) is 346 cm³/mol. The van der Waals surface area contributed by atoms with Crippen molar-refractivity contribution in [1.29, 1.82) is 0 Å². The first-order valence-electron chi connectivity index (χ1n) is 28.7. The number of hydrogen-bond acceptors (Lipinski definition) is 6. The van der Waals surface area contributed by atoms with Gasteiger partial charge in [-0.05, 0) is 103 Å². The Bertz CT molecular complexity index is 2850. The van der Waals surface area contributed by atoms with Gasteiger partial charge in [0.1, 0.15) is 23.0 Å². The summed E-state index contributed by atoms with van der Waals surface area (Å²) in [5.74, 6) is 3.20. The second kappa shape index (κ2) is 21.6. The maximum absolute atomic E-state index is 18.4. The van der Waals surface area contributed by atoms with Crippen LogP contribution < -0.4 is 50.8 Å². The molecule has 6 aromatic rings. The van der Waals surface area contributed by atoms with E-state index in [-0.39, 0.29) is 0 Å². The van der Waals surface area contributed by atoms with E-state index in [4.69, 9.17) is 18.9 Å². The quantitative estimate of drug-likeness (QED) is 0.120. The molecule has 6 rings (SSSR count). The van der Waals surface area contributed by atoms with Crippen molar-refractivity contribution in [2.24, 2.45) is 0 Å². The molecule has 0 amide bonds. The Morgan fingerprint density at radius 1 is 0.263 bits per heavy atom. The lowest BCUT2D eigenvalue weighted by atomic mass is 9.79. The van der Waals surface area contributed by atoms with Crippen LogP contribution in [0.15, 0.2) is 97.1 Å². The molecule has 6 aromatic carbocycles. The van der Waals surface area contributed by atoms with Gasteiger partial charge < -0.3 is 28.1 Å². The van der Waals surface area contributed by atoms with Crippen molar-refractivity contribution < 1.29 is 28.1 Å². The molecule has 0 aliphatic rings. The second-order valence-electron chi connectivity index (χ2n) is 30.5. The van der Waals surface area contributed by atoms with Crippen LogP contribution in [-0.4, -0.2) is 28.4 Å². The van der Waals surface area contributed by atoms with Crippen LogP contribution in [0.25, 0.3) is 11.1 Å². The Morgan fingerprint density at radius 2 is 0.412 bits per heavy atom. The third-order valence-electron chi connectivity index (χ3n) is 15.8. The molecule has 0 bridgehead atoms. The van der Waals surface area contributed by atoms with Crippen LogP contribution in [0.4, 0.5) is 0 Å². The van der Waals surface area contributed by atoms with Crippen LogP contribution in [0.5, 0.6) is 23.0 Å². The fourth-order valence-electron chi connectivity index (χ4n) is 11.3. The molecule has 0 aromatic heterocycles. The summed E-state index contributed by atoms with van der Waals surface area (Å²) in [6, 6.07) is 33.6. The topological polar surface area (TPSA) is 71.1 Å². The van der Waals surface area contributed by atoms with E-state index < -0.39 is 57.6 Å². The Kier molecular flexibility index (Phi) is 17.3. The summed E-state index contributed by atoms with van der Waals surface area (Å²) < 4.78 is 62.4. The summed E-state index contributed by atoms with van der Waals surface area (Å²) in [5, 5.41) is 4.09. The van der Waals surface area contributed by atoms with Crippen LogP contribution in [0.1, 0.15) is 211 Å². The molecule has 0 saturated heterocycles. The largest absolute Gasteiger partial charge is 0.496 e. The molecule has 80 heavy (non-hydrogen) atoms. The van der Waals surface area contributed by atoms with Gasteiger partial charge in [-0.25, -0.2) is 0 Å². The van der Waals surface area contributed by atoms with E-state index in [0.29, 0.717) is 31.8 Å². The molecule has 0 N–H and O–H groups in total. The standard InChI is InChI=1S/C72H100O6P2/c1-65(2,3)51-37-45(38-52(61(51)75-25)66(4,5)6)79(73,46-39-53(67(7,8)9)62(76-26)54(40-46)68(10,11)12)59-35-31-29-33-49(59)50-34-30-32-36-60(50)80(74,47-41-55(69(13,14)15)63(77-27)56(42-47)70(16,17)18)48-43-57(71(19,20)21)64(78-28)58(44-48)72(22,23)24/h29-44H,1-28H3. The van der Waals surface area contributed by atoms with Crippen molar-refractivity contribution >= 4 is 46.1 Å². The zero-order valence-electron chi connectivity index (χ0n) is 54.6. The minimum atomic E-state index is -4.02. The van der Waals surface area contributed by atoms with Gasteiger partial charge in [-0.3, -0.25) is 0 Å². The first kappa shape index (κ1) is 64.2. The Hall–Kier alpha value is -5.02. The Morgan fingerprint density at radius 3 is 0.550 bits per heavy atom. The van der Waals surface area contributed by atoms with E-state index in [1.165, 1.54) is 0 Å². The van der Waals surface area contributed by atoms with Crippen LogP contribution in [0, 0.1) is 0 Å². The van der Waals surface area contributed by atoms with Gasteiger partial charge in [0, 0.05) is 76.3 Å². The van der Waals surface area contributed by atoms with Crippen molar-refractivity contribution in [3.8, 4) is 34.1 Å². The number of benzene rings is 6. The minimum absolute atomic E-state index is 0.398. The smallest absolute Gasteiger partial charge is 0.171 e. The summed E-state index contributed by atoms with van der Waals surface area (Å²) in [6.07, 6.45) is 0. The first-order valence-corrected chi connectivity index (χ1v) is 32.1. The zero-order chi connectivity index (χ0) is 60.7. The van der Waals surface area contributed by atoms with Crippen LogP contribution >= 0.6 is 14.3 Å². The molecule has 0 atom stereocenters. The number of methoxy groups -OCH3 is 4. The Balaban J connectivity index is 1.98. The van der Waals surface area contributed by atoms with Crippen molar-refractivity contribution in [1.82, 2.24) is 0 Å². The normalized spacial score (nSPS) is 13.6. The van der Waals surface area contributed by atoms with Gasteiger partial charge >= 0.3 is 0 Å². The third kappa shape index (κ3) is 12.1. The molecular formula is C72H100O6P2. The molecular weight excluding hydrogens is 1020 g/mol. The molecule has 0 aliphatic carbocycles. The molecule has 0 saturated carbocycles. The monoisotopic (exact) mass is 1120 g/mol. The van der Waals surface area contributed by atoms with Crippen molar-refractivity contribution in [2.45, 2.75) is 209 Å². The highest BCUT2D eigenvalue weighted by Gasteiger charge is 2.43. The lowest BCUT2D eigenvalue weighted by Gasteiger charge is -2.35. The highest BCUT2D eigenvalue weighted by Crippen LogP contribution is 2.55. The molecule has 0 fully saturated rings. The van der Waals surface area contributed by atoms with E-state index in [0.717, 1.165) is 78.6 Å². The highest BCUT2D eigenvalue weighted by atomic mass is 31.2. The first-order chi connectivity index (χ1) is 36.3. The summed E-state index contributed by atoms with van der Waals surface area (Å²) in [4.78, 5) is 0. The summed E-state index contributed by atoms with van der Waals surface area (Å²) in [5.41, 5.74) is 6.06. The molecule has 8 heteroatoms. The maximum Gasteiger partial charge on any atom is 0.171 e. The second-order valence-corrected chi connectivity index (χ2v) is 36.0. The van der Waals surface area contributed by atoms with Gasteiger partial charge in [0.05, 0.1) is 28.4 Å². The van der Waals surface area contributed by atoms with Crippen molar-refractivity contribution in [3.05, 3.63) is 142 Å². The average Bonchev–Trinajstić information content (AvgIpc) is 3.34. The van der Waals surface area contributed by atoms with Gasteiger partial charge in [0.15, 0.2) is 14.3 Å². The number of ether oxygens (including phenoxy) is 4. The predicted octanol–water partition coefficient (Wildman–Crippen LogP) is 17.0. The van der Waals surface area contributed by atoms with E-state index in [9.17, 15) is 0 Å². The molecule has 0 unspecified atom stereocenters. The fraction of sp³-hybridized carbons (Fsp3) is 0.500. The molecule has 0 spiro atoms. The SMILES string of the molecule is COc1c(C(C)(C)C)cc(P(=O)(c2cc(C(C)(C)C)c(OC)c(C(C)(C)C)c2)c2ccccc2-c2ccccc2P(=O)(c2cc(C(C)(C)C)c(OC)c(C(C)(C)C)c2)c2cc(C(C)(C)C)c(OC)c(C(C)(C)C)c2)cc1C(C)(C)C. The lowest BCUT2D eigenvalue weighted by Crippen LogP contribution is -2.34. The molecule has 6 nitrogen and oxygen atoms in total. The summed E-state index contributed by atoms with van der Waals surface area (Å²) in [6.45, 7) is 52.7. The van der Waals surface area contributed by atoms with Gasteiger partial charge in [0.2, 0.25) is 0 Å². The van der Waals surface area contributed by atoms with E-state index in [1.807, 2.05) is 24.3 Å². The third-order valence-corrected chi connectivity index (χ3v) is 21.9. The van der Waals surface area contributed by atoms with Gasteiger partial charge in [-0.15, -0.1) is 0 Å². The average molecular weight is 1120 g/mol. The van der Waals surface area contributed by atoms with Gasteiger partial charge in [-0.2, -0.15) is 0 Å². The fourth-order valence-corrected chi connectivity index (χ4v) is 17.2. The zero-order valence-corrected chi connectivity index (χ0v) is 56.4. The molecule has 0 aliphatic heterocycles. The van der Waals surface area contributed by atoms with Crippen LogP contribution in [-0.2, 0) is 52.5 Å². The molecule has 0 heterocycles. The van der Waals surface area contributed by atoms with E-state index in [2.05, 4.69) is 239 Å². The van der Waals surface area contributed by atoms with Crippen molar-refractivity contribution in [3.63, 3.8) is 0 Å². The van der Waals surface area contributed by atoms with Gasteiger partial charge in [0.25, 0.3) is 0 Å². The maximum atomic E-state index is 18.4. The van der Waals surface area contributed by atoms with E-state index in [1.54, 1.807) is 28.4 Å².